The second-order valence-electron chi connectivity index (χ2n) is 7.88. The fourth-order valence-corrected chi connectivity index (χ4v) is 5.08. The molecule has 3 aromatic heterocycles. The monoisotopic (exact) mass is 438 g/mol. The maximum atomic E-state index is 6.12. The number of methoxy groups -OCH3 is 1. The van der Waals surface area contributed by atoms with Crippen molar-refractivity contribution < 1.29 is 9.47 Å². The lowest BCUT2D eigenvalue weighted by Gasteiger charge is -2.35. The number of nitrogens with zero attached hydrogens (tertiary/aromatic N) is 6. The summed E-state index contributed by atoms with van der Waals surface area (Å²) < 4.78 is 11.2. The minimum Gasteiger partial charge on any atom is -0.489 e. The summed E-state index contributed by atoms with van der Waals surface area (Å²) in [5.74, 6) is 3.42. The number of anilines is 2. The summed E-state index contributed by atoms with van der Waals surface area (Å²) >= 11 is 1.75. The van der Waals surface area contributed by atoms with Gasteiger partial charge in [-0.25, -0.2) is 19.9 Å². The van der Waals surface area contributed by atoms with Gasteiger partial charge in [0.1, 0.15) is 29.8 Å². The van der Waals surface area contributed by atoms with E-state index in [1.165, 1.54) is 10.6 Å². The van der Waals surface area contributed by atoms with Crippen molar-refractivity contribution in [3.05, 3.63) is 46.3 Å². The average molecular weight is 439 g/mol. The maximum absolute atomic E-state index is 6.12. The van der Waals surface area contributed by atoms with Gasteiger partial charge in [-0.15, -0.1) is 11.3 Å². The standard InChI is InChI=1S/C22H26N6O2S/c1-15-21(24-13-25-22(15)28-10-7-19-18(12-28)26-14-31-19)27-8-5-16(6-9-27)30-17-3-4-20(29-2)23-11-17/h3-4,11,13-14,16H,5-10,12H2,1-2H3. The first kappa shape index (κ1) is 20.0. The molecule has 31 heavy (non-hydrogen) atoms. The molecule has 1 saturated heterocycles. The normalized spacial score (nSPS) is 16.8. The van der Waals surface area contributed by atoms with Crippen LogP contribution in [0.1, 0.15) is 29.0 Å². The lowest BCUT2D eigenvalue weighted by Crippen LogP contribution is -2.39. The van der Waals surface area contributed by atoms with Gasteiger partial charge in [0, 0.05) is 55.4 Å². The van der Waals surface area contributed by atoms with Crippen molar-refractivity contribution in [2.75, 3.05) is 36.5 Å². The molecule has 2 aliphatic rings. The predicted octanol–water partition coefficient (Wildman–Crippen LogP) is 3.26. The van der Waals surface area contributed by atoms with Crippen LogP contribution in [0.5, 0.6) is 11.6 Å². The molecule has 0 spiro atoms. The Bertz CT molecular complexity index is 1030. The zero-order valence-electron chi connectivity index (χ0n) is 17.8. The van der Waals surface area contributed by atoms with Crippen LogP contribution < -0.4 is 19.3 Å². The highest BCUT2D eigenvalue weighted by Crippen LogP contribution is 2.31. The Morgan fingerprint density at radius 3 is 2.55 bits per heavy atom. The smallest absolute Gasteiger partial charge is 0.213 e. The summed E-state index contributed by atoms with van der Waals surface area (Å²) in [7, 11) is 1.61. The molecule has 162 valence electrons. The Kier molecular flexibility index (Phi) is 5.59. The van der Waals surface area contributed by atoms with E-state index < -0.39 is 0 Å². The van der Waals surface area contributed by atoms with E-state index in [2.05, 4.69) is 36.7 Å². The van der Waals surface area contributed by atoms with Crippen LogP contribution in [0, 0.1) is 6.92 Å². The highest BCUT2D eigenvalue weighted by Gasteiger charge is 2.26. The first-order valence-electron chi connectivity index (χ1n) is 10.6. The van der Waals surface area contributed by atoms with Gasteiger partial charge in [-0.3, -0.25) is 0 Å². The van der Waals surface area contributed by atoms with Gasteiger partial charge in [-0.2, -0.15) is 0 Å². The summed E-state index contributed by atoms with van der Waals surface area (Å²) in [5, 5.41) is 0. The number of thiazole rings is 1. The van der Waals surface area contributed by atoms with Gasteiger partial charge in [-0.1, -0.05) is 0 Å². The molecule has 1 fully saturated rings. The van der Waals surface area contributed by atoms with E-state index in [1.807, 2.05) is 17.6 Å². The molecule has 0 saturated carbocycles. The van der Waals surface area contributed by atoms with Crippen LogP contribution in [0.15, 0.2) is 30.2 Å². The lowest BCUT2D eigenvalue weighted by molar-refractivity contribution is 0.169. The Morgan fingerprint density at radius 1 is 1.00 bits per heavy atom. The Labute approximate surface area is 185 Å². The number of hydrogen-bond donors (Lipinski definition) is 0. The van der Waals surface area contributed by atoms with Gasteiger partial charge in [0.25, 0.3) is 0 Å². The third-order valence-electron chi connectivity index (χ3n) is 5.97. The van der Waals surface area contributed by atoms with Gasteiger partial charge in [-0.05, 0) is 13.0 Å². The van der Waals surface area contributed by atoms with Gasteiger partial charge < -0.3 is 19.3 Å². The number of pyridine rings is 1. The highest BCUT2D eigenvalue weighted by molar-refractivity contribution is 7.09. The molecule has 2 aliphatic heterocycles. The van der Waals surface area contributed by atoms with Gasteiger partial charge in [0.15, 0.2) is 0 Å². The zero-order valence-corrected chi connectivity index (χ0v) is 18.6. The molecule has 0 unspecified atom stereocenters. The quantitative estimate of drug-likeness (QED) is 0.601. The molecule has 0 radical (unpaired) electrons. The van der Waals surface area contributed by atoms with E-state index in [0.717, 1.165) is 68.4 Å². The van der Waals surface area contributed by atoms with Crippen LogP contribution in [0.3, 0.4) is 0 Å². The molecule has 5 rings (SSSR count). The van der Waals surface area contributed by atoms with Gasteiger partial charge in [0.2, 0.25) is 5.88 Å². The van der Waals surface area contributed by atoms with Gasteiger partial charge >= 0.3 is 0 Å². The van der Waals surface area contributed by atoms with E-state index in [9.17, 15) is 0 Å². The van der Waals surface area contributed by atoms with E-state index in [-0.39, 0.29) is 6.10 Å². The summed E-state index contributed by atoms with van der Waals surface area (Å²) in [6.45, 7) is 5.73. The van der Waals surface area contributed by atoms with Gasteiger partial charge in [0.05, 0.1) is 31.1 Å². The molecule has 8 nitrogen and oxygen atoms in total. The second kappa shape index (κ2) is 8.66. The number of piperidine rings is 1. The fourth-order valence-electron chi connectivity index (χ4n) is 4.31. The lowest BCUT2D eigenvalue weighted by atomic mass is 10.1. The van der Waals surface area contributed by atoms with Crippen LogP contribution in [0.2, 0.25) is 0 Å². The Balaban J connectivity index is 1.24. The van der Waals surface area contributed by atoms with Crippen LogP contribution in [0.4, 0.5) is 11.6 Å². The minimum absolute atomic E-state index is 0.179. The van der Waals surface area contributed by atoms with Crippen molar-refractivity contribution >= 4 is 23.0 Å². The SMILES string of the molecule is COc1ccc(OC2CCN(c3ncnc(N4CCc5scnc5C4)c3C)CC2)cn1. The number of rotatable bonds is 5. The zero-order chi connectivity index (χ0) is 21.2. The summed E-state index contributed by atoms with van der Waals surface area (Å²) in [4.78, 5) is 24.1. The molecule has 3 aromatic rings. The van der Waals surface area contributed by atoms with E-state index in [0.29, 0.717) is 5.88 Å². The van der Waals surface area contributed by atoms with Crippen molar-refractivity contribution in [1.82, 2.24) is 19.9 Å². The van der Waals surface area contributed by atoms with Crippen molar-refractivity contribution in [3.8, 4) is 11.6 Å². The van der Waals surface area contributed by atoms with Crippen molar-refractivity contribution in [3.63, 3.8) is 0 Å². The Morgan fingerprint density at radius 2 is 1.81 bits per heavy atom. The topological polar surface area (TPSA) is 76.5 Å². The molecule has 0 amide bonds. The second-order valence-corrected chi connectivity index (χ2v) is 8.82. The highest BCUT2D eigenvalue weighted by atomic mass is 32.1. The predicted molar refractivity (Wildman–Crippen MR) is 120 cm³/mol. The summed E-state index contributed by atoms with van der Waals surface area (Å²) in [6.07, 6.45) is 6.51. The molecule has 0 atom stereocenters. The Hall–Kier alpha value is -2.94. The first-order valence-corrected chi connectivity index (χ1v) is 11.5. The van der Waals surface area contributed by atoms with Crippen LogP contribution in [-0.4, -0.2) is 52.8 Å². The first-order chi connectivity index (χ1) is 15.2. The van der Waals surface area contributed by atoms with Crippen molar-refractivity contribution in [2.45, 2.75) is 38.8 Å². The molecule has 9 heteroatoms. The average Bonchev–Trinajstić information content (AvgIpc) is 3.28. The van der Waals surface area contributed by atoms with Crippen molar-refractivity contribution in [2.24, 2.45) is 0 Å². The summed E-state index contributed by atoms with van der Waals surface area (Å²) in [5.41, 5.74) is 4.27. The number of aromatic nitrogens is 4. The minimum atomic E-state index is 0.179. The molecule has 0 aromatic carbocycles. The van der Waals surface area contributed by atoms with E-state index in [1.54, 1.807) is 31.0 Å². The third-order valence-corrected chi connectivity index (χ3v) is 6.90. The number of ether oxygens (including phenoxy) is 2. The third kappa shape index (κ3) is 4.14. The fraction of sp³-hybridized carbons (Fsp3) is 0.455. The summed E-state index contributed by atoms with van der Waals surface area (Å²) in [6, 6.07) is 3.73. The molecule has 0 aliphatic carbocycles. The molecule has 5 heterocycles. The van der Waals surface area contributed by atoms with E-state index in [4.69, 9.17) is 9.47 Å². The number of fused-ring (bicyclic) bond motifs is 1. The van der Waals surface area contributed by atoms with Crippen LogP contribution >= 0.6 is 11.3 Å². The molecular formula is C22H26N6O2S. The van der Waals surface area contributed by atoms with E-state index >= 15 is 0 Å². The molecular weight excluding hydrogens is 412 g/mol. The van der Waals surface area contributed by atoms with Crippen LogP contribution in [-0.2, 0) is 13.0 Å². The number of hydrogen-bond acceptors (Lipinski definition) is 9. The molecule has 0 bridgehead atoms. The maximum Gasteiger partial charge on any atom is 0.213 e. The van der Waals surface area contributed by atoms with Crippen LogP contribution in [0.25, 0.3) is 0 Å². The largest absolute Gasteiger partial charge is 0.489 e. The molecule has 0 N–H and O–H groups in total. The van der Waals surface area contributed by atoms with Crippen molar-refractivity contribution in [1.29, 1.82) is 0 Å².